The number of esters is 1. The first-order chi connectivity index (χ1) is 7.90. The molecule has 3 heteroatoms. The summed E-state index contributed by atoms with van der Waals surface area (Å²) in [6.45, 7) is 15.8. The Kier molecular flexibility index (Phi) is 7.88. The Balaban J connectivity index is 4.08. The molecule has 0 aromatic carbocycles. The average molecular weight is 241 g/mol. The molecule has 3 nitrogen and oxygen atoms in total. The van der Waals surface area contributed by atoms with Crippen molar-refractivity contribution in [2.24, 2.45) is 0 Å². The molecule has 0 spiro atoms. The second kappa shape index (κ2) is 8.29. The predicted octanol–water partition coefficient (Wildman–Crippen LogP) is 3.00. The van der Waals surface area contributed by atoms with E-state index in [-0.39, 0.29) is 5.97 Å². The van der Waals surface area contributed by atoms with Crippen molar-refractivity contribution in [1.82, 2.24) is 4.90 Å². The molecule has 0 radical (unpaired) electrons. The number of hydrogen-bond acceptors (Lipinski definition) is 3. The van der Waals surface area contributed by atoms with Gasteiger partial charge in [-0.2, -0.15) is 0 Å². The summed E-state index contributed by atoms with van der Waals surface area (Å²) < 4.78 is 5.05. The monoisotopic (exact) mass is 241 g/mol. The van der Waals surface area contributed by atoms with Crippen LogP contribution in [0.5, 0.6) is 0 Å². The van der Waals surface area contributed by atoms with E-state index in [0.717, 1.165) is 13.0 Å². The van der Waals surface area contributed by atoms with Crippen LogP contribution in [-0.2, 0) is 9.53 Å². The van der Waals surface area contributed by atoms with Crippen LogP contribution in [0.4, 0.5) is 0 Å². The summed E-state index contributed by atoms with van der Waals surface area (Å²) >= 11 is 0. The highest BCUT2D eigenvalue weighted by molar-refractivity contribution is 5.87. The van der Waals surface area contributed by atoms with Crippen molar-refractivity contribution >= 4 is 5.97 Å². The SMILES string of the molecule is C=C(CCN(C(C)C)C(C)C)C(=O)OCCC. The van der Waals surface area contributed by atoms with Gasteiger partial charge in [0.15, 0.2) is 0 Å². The predicted molar refractivity (Wildman–Crippen MR) is 72.0 cm³/mol. The molecule has 0 unspecified atom stereocenters. The molecule has 0 saturated carbocycles. The highest BCUT2D eigenvalue weighted by atomic mass is 16.5. The van der Waals surface area contributed by atoms with Crippen molar-refractivity contribution in [3.8, 4) is 0 Å². The van der Waals surface area contributed by atoms with Crippen molar-refractivity contribution in [3.05, 3.63) is 12.2 Å². The molecule has 17 heavy (non-hydrogen) atoms. The molecule has 100 valence electrons. The number of carbonyl (C=O) groups excluding carboxylic acids is 1. The molecular weight excluding hydrogens is 214 g/mol. The first-order valence-corrected chi connectivity index (χ1v) is 6.50. The molecule has 0 bridgehead atoms. The van der Waals surface area contributed by atoms with Gasteiger partial charge in [0.2, 0.25) is 0 Å². The van der Waals surface area contributed by atoms with E-state index in [2.05, 4.69) is 39.2 Å². The van der Waals surface area contributed by atoms with Gasteiger partial charge in [0.05, 0.1) is 6.61 Å². The van der Waals surface area contributed by atoms with E-state index in [4.69, 9.17) is 4.74 Å². The van der Waals surface area contributed by atoms with Crippen molar-refractivity contribution in [3.63, 3.8) is 0 Å². The van der Waals surface area contributed by atoms with Crippen LogP contribution in [0.15, 0.2) is 12.2 Å². The van der Waals surface area contributed by atoms with Crippen LogP contribution in [0.25, 0.3) is 0 Å². The van der Waals surface area contributed by atoms with E-state index in [1.165, 1.54) is 0 Å². The van der Waals surface area contributed by atoms with Crippen LogP contribution in [0, 0.1) is 0 Å². The largest absolute Gasteiger partial charge is 0.462 e. The molecule has 0 amide bonds. The summed E-state index contributed by atoms with van der Waals surface area (Å²) in [6.07, 6.45) is 1.53. The highest BCUT2D eigenvalue weighted by Gasteiger charge is 2.15. The van der Waals surface area contributed by atoms with E-state index in [0.29, 0.717) is 30.7 Å². The van der Waals surface area contributed by atoms with Crippen LogP contribution >= 0.6 is 0 Å². The molecule has 0 saturated heterocycles. The fourth-order valence-corrected chi connectivity index (χ4v) is 1.78. The van der Waals surface area contributed by atoms with Crippen LogP contribution in [-0.4, -0.2) is 36.1 Å². The first kappa shape index (κ1) is 16.2. The third-order valence-corrected chi connectivity index (χ3v) is 2.72. The van der Waals surface area contributed by atoms with Gasteiger partial charge in [-0.15, -0.1) is 0 Å². The Bertz CT molecular complexity index is 239. The van der Waals surface area contributed by atoms with E-state index in [1.807, 2.05) is 6.92 Å². The van der Waals surface area contributed by atoms with Crippen molar-refractivity contribution in [1.29, 1.82) is 0 Å². The zero-order valence-corrected chi connectivity index (χ0v) is 12.0. The Hall–Kier alpha value is -0.830. The Labute approximate surface area is 106 Å². The quantitative estimate of drug-likeness (QED) is 0.483. The summed E-state index contributed by atoms with van der Waals surface area (Å²) in [4.78, 5) is 13.9. The summed E-state index contributed by atoms with van der Waals surface area (Å²) in [5.74, 6) is -0.251. The van der Waals surface area contributed by atoms with Gasteiger partial charge in [-0.25, -0.2) is 4.79 Å². The van der Waals surface area contributed by atoms with Gasteiger partial charge in [-0.3, -0.25) is 4.90 Å². The van der Waals surface area contributed by atoms with Crippen molar-refractivity contribution in [2.45, 2.75) is 59.5 Å². The van der Waals surface area contributed by atoms with Crippen LogP contribution in [0.2, 0.25) is 0 Å². The molecule has 0 N–H and O–H groups in total. The summed E-state index contributed by atoms with van der Waals surface area (Å²) in [5, 5.41) is 0. The van der Waals surface area contributed by atoms with Crippen LogP contribution in [0.1, 0.15) is 47.5 Å². The standard InChI is InChI=1S/C14H27NO2/c1-7-10-17-14(16)13(6)8-9-15(11(2)3)12(4)5/h11-12H,6-10H2,1-5H3. The van der Waals surface area contributed by atoms with Crippen LogP contribution < -0.4 is 0 Å². The smallest absolute Gasteiger partial charge is 0.333 e. The normalized spacial score (nSPS) is 11.3. The zero-order valence-electron chi connectivity index (χ0n) is 12.0. The molecule has 0 aliphatic carbocycles. The number of nitrogens with zero attached hydrogens (tertiary/aromatic N) is 1. The molecule has 0 heterocycles. The fraction of sp³-hybridized carbons (Fsp3) is 0.786. The van der Waals surface area contributed by atoms with Gasteiger partial charge in [0.1, 0.15) is 0 Å². The number of ether oxygens (including phenoxy) is 1. The van der Waals surface area contributed by atoms with Crippen molar-refractivity contribution in [2.75, 3.05) is 13.2 Å². The maximum atomic E-state index is 11.5. The third kappa shape index (κ3) is 6.47. The second-order valence-corrected chi connectivity index (χ2v) is 4.91. The van der Waals surface area contributed by atoms with E-state index < -0.39 is 0 Å². The van der Waals surface area contributed by atoms with E-state index in [9.17, 15) is 4.79 Å². The lowest BCUT2D eigenvalue weighted by atomic mass is 10.1. The lowest BCUT2D eigenvalue weighted by Gasteiger charge is -2.30. The number of rotatable bonds is 8. The topological polar surface area (TPSA) is 29.5 Å². The summed E-state index contributed by atoms with van der Waals surface area (Å²) in [7, 11) is 0. The minimum absolute atomic E-state index is 0.251. The minimum atomic E-state index is -0.251. The van der Waals surface area contributed by atoms with Gasteiger partial charge in [0.25, 0.3) is 0 Å². The van der Waals surface area contributed by atoms with Gasteiger partial charge in [-0.1, -0.05) is 13.5 Å². The number of hydrogen-bond donors (Lipinski definition) is 0. The molecule has 0 aliphatic heterocycles. The molecule has 0 fully saturated rings. The summed E-state index contributed by atoms with van der Waals surface area (Å²) in [5.41, 5.74) is 0.574. The molecular formula is C14H27NO2. The maximum Gasteiger partial charge on any atom is 0.333 e. The molecule has 0 rings (SSSR count). The highest BCUT2D eigenvalue weighted by Crippen LogP contribution is 2.10. The van der Waals surface area contributed by atoms with Gasteiger partial charge < -0.3 is 4.74 Å². The minimum Gasteiger partial charge on any atom is -0.462 e. The molecule has 0 aromatic rings. The molecule has 0 aromatic heterocycles. The van der Waals surface area contributed by atoms with Gasteiger partial charge in [-0.05, 0) is 40.5 Å². The van der Waals surface area contributed by atoms with E-state index >= 15 is 0 Å². The van der Waals surface area contributed by atoms with Gasteiger partial charge in [0, 0.05) is 24.2 Å². The number of carbonyl (C=O) groups is 1. The maximum absolute atomic E-state index is 11.5. The molecule has 0 aliphatic rings. The molecule has 0 atom stereocenters. The zero-order chi connectivity index (χ0) is 13.4. The Morgan fingerprint density at radius 1 is 1.24 bits per heavy atom. The van der Waals surface area contributed by atoms with Crippen LogP contribution in [0.3, 0.4) is 0 Å². The second-order valence-electron chi connectivity index (χ2n) is 4.91. The van der Waals surface area contributed by atoms with E-state index in [1.54, 1.807) is 0 Å². The first-order valence-electron chi connectivity index (χ1n) is 6.50. The Morgan fingerprint density at radius 3 is 2.18 bits per heavy atom. The summed E-state index contributed by atoms with van der Waals surface area (Å²) in [6, 6.07) is 0.962. The fourth-order valence-electron chi connectivity index (χ4n) is 1.78. The van der Waals surface area contributed by atoms with Gasteiger partial charge >= 0.3 is 5.97 Å². The lowest BCUT2D eigenvalue weighted by Crippen LogP contribution is -2.38. The van der Waals surface area contributed by atoms with Crippen molar-refractivity contribution < 1.29 is 9.53 Å². The lowest BCUT2D eigenvalue weighted by molar-refractivity contribution is -0.139. The average Bonchev–Trinajstić information content (AvgIpc) is 2.24. The Morgan fingerprint density at radius 2 is 1.76 bits per heavy atom. The third-order valence-electron chi connectivity index (χ3n) is 2.72.